The number of nitrogens with one attached hydrogen (secondary N) is 2. The van der Waals surface area contributed by atoms with Crippen LogP contribution < -0.4 is 15.5 Å². The van der Waals surface area contributed by atoms with Crippen molar-refractivity contribution >= 4 is 28.9 Å². The van der Waals surface area contributed by atoms with Crippen molar-refractivity contribution in [3.8, 4) is 11.3 Å². The Labute approximate surface area is 174 Å². The quantitative estimate of drug-likeness (QED) is 0.578. The van der Waals surface area contributed by atoms with Crippen molar-refractivity contribution in [1.82, 2.24) is 20.3 Å². The van der Waals surface area contributed by atoms with E-state index in [9.17, 15) is 4.79 Å². The fraction of sp³-hybridized carbons (Fsp3) is 0.333. The van der Waals surface area contributed by atoms with Crippen LogP contribution >= 0.6 is 11.3 Å². The molecule has 0 aliphatic carbocycles. The number of thiazole rings is 1. The van der Waals surface area contributed by atoms with E-state index in [1.807, 2.05) is 24.3 Å². The van der Waals surface area contributed by atoms with Crippen LogP contribution in [0.5, 0.6) is 0 Å². The summed E-state index contributed by atoms with van der Waals surface area (Å²) < 4.78 is 0. The minimum Gasteiger partial charge on any atom is -0.355 e. The van der Waals surface area contributed by atoms with Gasteiger partial charge < -0.3 is 15.5 Å². The molecule has 2 N–H and O–H groups in total. The van der Waals surface area contributed by atoms with Gasteiger partial charge in [0.25, 0.3) is 0 Å². The van der Waals surface area contributed by atoms with E-state index in [1.165, 1.54) is 12.8 Å². The fourth-order valence-corrected chi connectivity index (χ4v) is 4.21. The van der Waals surface area contributed by atoms with Crippen molar-refractivity contribution in [3.05, 3.63) is 53.2 Å². The molecule has 0 unspecified atom stereocenters. The summed E-state index contributed by atoms with van der Waals surface area (Å²) in [6.45, 7) is 2.57. The molecule has 0 aromatic carbocycles. The summed E-state index contributed by atoms with van der Waals surface area (Å²) in [5.74, 6) is 0.853. The standard InChI is InChI=1S/C21H24N6OS/c28-21(26-17-5-3-9-23-20(17)27-13-1-2-14-27)24-10-4-6-19-25-18(15-29-19)16-7-11-22-12-8-16/h3,5,7-9,11-12,15H,1-2,4,6,10,13-14H2,(H2,24,26,28). The third-order valence-corrected chi connectivity index (χ3v) is 5.73. The molecule has 4 rings (SSSR count). The zero-order valence-corrected chi connectivity index (χ0v) is 17.0. The molecule has 0 radical (unpaired) electrons. The molecule has 1 saturated heterocycles. The third-order valence-electron chi connectivity index (χ3n) is 4.82. The lowest BCUT2D eigenvalue weighted by molar-refractivity contribution is 0.252. The Morgan fingerprint density at radius 2 is 1.97 bits per heavy atom. The first kappa shape index (κ1) is 19.3. The molecule has 3 aromatic rings. The average molecular weight is 409 g/mol. The second kappa shape index (κ2) is 9.47. The van der Waals surface area contributed by atoms with E-state index in [4.69, 9.17) is 0 Å². The predicted octanol–water partition coefficient (Wildman–Crippen LogP) is 3.95. The number of pyridine rings is 2. The van der Waals surface area contributed by atoms with Crippen LogP contribution in [-0.4, -0.2) is 40.6 Å². The molecule has 4 heterocycles. The lowest BCUT2D eigenvalue weighted by atomic mass is 10.2. The number of carbonyl (C=O) groups excluding carboxylic acids is 1. The highest BCUT2D eigenvalue weighted by molar-refractivity contribution is 7.09. The Hall–Kier alpha value is -3.00. The van der Waals surface area contributed by atoms with Gasteiger partial charge in [-0.05, 0) is 43.5 Å². The van der Waals surface area contributed by atoms with Gasteiger partial charge in [-0.2, -0.15) is 0 Å². The largest absolute Gasteiger partial charge is 0.355 e. The summed E-state index contributed by atoms with van der Waals surface area (Å²) in [5, 5.41) is 9.00. The molecule has 2 amide bonds. The Bertz CT molecular complexity index is 939. The monoisotopic (exact) mass is 408 g/mol. The van der Waals surface area contributed by atoms with Crippen molar-refractivity contribution in [2.24, 2.45) is 0 Å². The molecule has 29 heavy (non-hydrogen) atoms. The Morgan fingerprint density at radius 1 is 1.14 bits per heavy atom. The molecule has 7 nitrogen and oxygen atoms in total. The number of urea groups is 1. The number of anilines is 2. The number of nitrogens with zero attached hydrogens (tertiary/aromatic N) is 4. The minimum atomic E-state index is -0.199. The van der Waals surface area contributed by atoms with Gasteiger partial charge in [-0.1, -0.05) is 0 Å². The minimum absolute atomic E-state index is 0.199. The summed E-state index contributed by atoms with van der Waals surface area (Å²) in [4.78, 5) is 27.7. The smallest absolute Gasteiger partial charge is 0.319 e. The van der Waals surface area contributed by atoms with Crippen LogP contribution in [0.4, 0.5) is 16.3 Å². The van der Waals surface area contributed by atoms with Crippen molar-refractivity contribution in [2.75, 3.05) is 29.9 Å². The third kappa shape index (κ3) is 5.08. The van der Waals surface area contributed by atoms with E-state index in [1.54, 1.807) is 29.9 Å². The highest BCUT2D eigenvalue weighted by Crippen LogP contribution is 2.26. The van der Waals surface area contributed by atoms with Gasteiger partial charge in [-0.25, -0.2) is 14.8 Å². The number of aromatic nitrogens is 3. The number of carbonyl (C=O) groups is 1. The normalized spacial score (nSPS) is 13.4. The van der Waals surface area contributed by atoms with Gasteiger partial charge in [-0.3, -0.25) is 4.98 Å². The number of amides is 2. The van der Waals surface area contributed by atoms with Crippen LogP contribution in [0.2, 0.25) is 0 Å². The Balaban J connectivity index is 1.24. The van der Waals surface area contributed by atoms with E-state index in [0.717, 1.165) is 53.7 Å². The van der Waals surface area contributed by atoms with Gasteiger partial charge in [0.2, 0.25) is 0 Å². The van der Waals surface area contributed by atoms with E-state index in [2.05, 4.69) is 35.9 Å². The highest BCUT2D eigenvalue weighted by atomic mass is 32.1. The van der Waals surface area contributed by atoms with Crippen LogP contribution in [0.3, 0.4) is 0 Å². The molecule has 0 spiro atoms. The zero-order valence-electron chi connectivity index (χ0n) is 16.2. The summed E-state index contributed by atoms with van der Waals surface area (Å²) in [7, 11) is 0. The van der Waals surface area contributed by atoms with E-state index in [-0.39, 0.29) is 6.03 Å². The zero-order chi connectivity index (χ0) is 19.9. The van der Waals surface area contributed by atoms with Crippen molar-refractivity contribution in [3.63, 3.8) is 0 Å². The lowest BCUT2D eigenvalue weighted by Gasteiger charge is -2.20. The van der Waals surface area contributed by atoms with Gasteiger partial charge in [0.15, 0.2) is 5.82 Å². The van der Waals surface area contributed by atoms with Crippen molar-refractivity contribution in [2.45, 2.75) is 25.7 Å². The van der Waals surface area contributed by atoms with Crippen LogP contribution in [0.15, 0.2) is 48.2 Å². The van der Waals surface area contributed by atoms with Gasteiger partial charge in [0, 0.05) is 55.6 Å². The molecule has 150 valence electrons. The SMILES string of the molecule is O=C(NCCCc1nc(-c2ccncc2)cs1)Nc1cccnc1N1CCCC1. The first-order valence-electron chi connectivity index (χ1n) is 9.89. The molecular weight excluding hydrogens is 384 g/mol. The molecule has 0 saturated carbocycles. The van der Waals surface area contributed by atoms with Gasteiger partial charge in [0.05, 0.1) is 16.4 Å². The van der Waals surface area contributed by atoms with Gasteiger partial charge >= 0.3 is 6.03 Å². The molecule has 8 heteroatoms. The molecule has 1 aliphatic heterocycles. The van der Waals surface area contributed by atoms with Gasteiger partial charge in [-0.15, -0.1) is 11.3 Å². The summed E-state index contributed by atoms with van der Waals surface area (Å²) in [6.07, 6.45) is 9.32. The second-order valence-corrected chi connectivity index (χ2v) is 7.86. The number of aryl methyl sites for hydroxylation is 1. The first-order chi connectivity index (χ1) is 14.3. The summed E-state index contributed by atoms with van der Waals surface area (Å²) in [6, 6.07) is 7.46. The Morgan fingerprint density at radius 3 is 2.79 bits per heavy atom. The van der Waals surface area contributed by atoms with Crippen LogP contribution in [-0.2, 0) is 6.42 Å². The maximum absolute atomic E-state index is 12.3. The second-order valence-electron chi connectivity index (χ2n) is 6.92. The Kier molecular flexibility index (Phi) is 6.31. The molecule has 0 atom stereocenters. The number of hydrogen-bond acceptors (Lipinski definition) is 6. The molecular formula is C21H24N6OS. The molecule has 0 bridgehead atoms. The maximum atomic E-state index is 12.3. The fourth-order valence-electron chi connectivity index (χ4n) is 3.36. The molecule has 1 fully saturated rings. The maximum Gasteiger partial charge on any atom is 0.319 e. The summed E-state index contributed by atoms with van der Waals surface area (Å²) >= 11 is 1.65. The molecule has 1 aliphatic rings. The van der Waals surface area contributed by atoms with Crippen LogP contribution in [0.25, 0.3) is 11.3 Å². The van der Waals surface area contributed by atoms with E-state index < -0.39 is 0 Å². The predicted molar refractivity (Wildman–Crippen MR) is 116 cm³/mol. The topological polar surface area (TPSA) is 83.0 Å². The van der Waals surface area contributed by atoms with Crippen LogP contribution in [0, 0.1) is 0 Å². The summed E-state index contributed by atoms with van der Waals surface area (Å²) in [5.41, 5.74) is 2.81. The number of rotatable bonds is 7. The number of hydrogen-bond donors (Lipinski definition) is 2. The first-order valence-corrected chi connectivity index (χ1v) is 10.8. The average Bonchev–Trinajstić information content (AvgIpc) is 3.45. The van der Waals surface area contributed by atoms with Crippen molar-refractivity contribution < 1.29 is 4.79 Å². The molecule has 3 aromatic heterocycles. The van der Waals surface area contributed by atoms with Gasteiger partial charge in [0.1, 0.15) is 0 Å². The van der Waals surface area contributed by atoms with Crippen LogP contribution in [0.1, 0.15) is 24.3 Å². The highest BCUT2D eigenvalue weighted by Gasteiger charge is 2.17. The van der Waals surface area contributed by atoms with Crippen molar-refractivity contribution in [1.29, 1.82) is 0 Å². The van der Waals surface area contributed by atoms with E-state index >= 15 is 0 Å². The lowest BCUT2D eigenvalue weighted by Crippen LogP contribution is -2.31. The van der Waals surface area contributed by atoms with E-state index in [0.29, 0.717) is 6.54 Å².